The van der Waals surface area contributed by atoms with Gasteiger partial charge in [0.05, 0.1) is 15.9 Å². The predicted octanol–water partition coefficient (Wildman–Crippen LogP) is 3.15. The number of piperidine rings is 1. The highest BCUT2D eigenvalue weighted by Crippen LogP contribution is 2.38. The van der Waals surface area contributed by atoms with E-state index in [-0.39, 0.29) is 10.7 Å². The smallest absolute Gasteiger partial charge is 0.299 e. The highest BCUT2D eigenvalue weighted by Gasteiger charge is 2.27. The van der Waals surface area contributed by atoms with E-state index >= 15 is 0 Å². The van der Waals surface area contributed by atoms with Gasteiger partial charge in [0.15, 0.2) is 0 Å². The number of rotatable bonds is 3. The van der Waals surface area contributed by atoms with Crippen LogP contribution in [0.15, 0.2) is 12.1 Å². The molecule has 1 aromatic carbocycles. The van der Waals surface area contributed by atoms with Crippen molar-refractivity contribution < 1.29 is 9.85 Å². The third-order valence-electron chi connectivity index (χ3n) is 3.13. The maximum atomic E-state index is 11.1. The zero-order chi connectivity index (χ0) is 14.0. The van der Waals surface area contributed by atoms with Crippen molar-refractivity contribution >= 4 is 28.7 Å². The van der Waals surface area contributed by atoms with Gasteiger partial charge in [0.2, 0.25) is 0 Å². The van der Waals surface area contributed by atoms with Gasteiger partial charge < -0.3 is 4.90 Å². The van der Waals surface area contributed by atoms with Gasteiger partial charge in [0, 0.05) is 13.1 Å². The lowest BCUT2D eigenvalue weighted by Crippen LogP contribution is -2.30. The summed E-state index contributed by atoms with van der Waals surface area (Å²) in [7, 11) is 0. The molecule has 1 aliphatic heterocycles. The van der Waals surface area contributed by atoms with E-state index in [0.29, 0.717) is 18.8 Å². The second-order valence-electron chi connectivity index (χ2n) is 4.35. The summed E-state index contributed by atoms with van der Waals surface area (Å²) >= 11 is 5.83. The number of nitro groups is 2. The second kappa shape index (κ2) is 5.40. The quantitative estimate of drug-likeness (QED) is 0.628. The SMILES string of the molecule is O=[N+]([O-])c1cc([N+](=O)[O-])c(N2CCCCC2)cc1Cl. The zero-order valence-electron chi connectivity index (χ0n) is 10.0. The maximum Gasteiger partial charge on any atom is 0.299 e. The van der Waals surface area contributed by atoms with Gasteiger partial charge in [0.25, 0.3) is 11.4 Å². The fraction of sp³-hybridized carbons (Fsp3) is 0.455. The minimum absolute atomic E-state index is 0.0730. The largest absolute Gasteiger partial charge is 0.366 e. The molecule has 1 aliphatic rings. The molecular formula is C11H12ClN3O4. The van der Waals surface area contributed by atoms with Crippen molar-refractivity contribution in [2.24, 2.45) is 0 Å². The summed E-state index contributed by atoms with van der Waals surface area (Å²) in [5.74, 6) is 0. The molecule has 7 nitrogen and oxygen atoms in total. The molecule has 0 amide bonds. The van der Waals surface area contributed by atoms with E-state index < -0.39 is 15.5 Å². The van der Waals surface area contributed by atoms with E-state index in [1.165, 1.54) is 6.07 Å². The molecular weight excluding hydrogens is 274 g/mol. The van der Waals surface area contributed by atoms with E-state index in [0.717, 1.165) is 25.3 Å². The van der Waals surface area contributed by atoms with Crippen LogP contribution in [0.1, 0.15) is 19.3 Å². The summed E-state index contributed by atoms with van der Waals surface area (Å²) in [6.45, 7) is 1.41. The Balaban J connectivity index is 2.49. The average molecular weight is 286 g/mol. The van der Waals surface area contributed by atoms with Crippen LogP contribution in [0.4, 0.5) is 17.1 Å². The molecule has 102 valence electrons. The standard InChI is InChI=1S/C11H12ClN3O4/c12-8-6-10(13-4-2-1-3-5-13)11(15(18)19)7-9(8)14(16)17/h6-7H,1-5H2. The van der Waals surface area contributed by atoms with Crippen molar-refractivity contribution in [2.45, 2.75) is 19.3 Å². The lowest BCUT2D eigenvalue weighted by Gasteiger charge is -2.28. The zero-order valence-corrected chi connectivity index (χ0v) is 10.8. The van der Waals surface area contributed by atoms with E-state index in [4.69, 9.17) is 11.6 Å². The Hall–Kier alpha value is -1.89. The third-order valence-corrected chi connectivity index (χ3v) is 3.44. The number of nitro benzene ring substituents is 2. The van der Waals surface area contributed by atoms with Crippen LogP contribution in [0, 0.1) is 20.2 Å². The van der Waals surface area contributed by atoms with Gasteiger partial charge in [-0.2, -0.15) is 0 Å². The average Bonchev–Trinajstić information content (AvgIpc) is 2.38. The Morgan fingerprint density at radius 1 is 1.00 bits per heavy atom. The summed E-state index contributed by atoms with van der Waals surface area (Å²) in [5, 5.41) is 21.8. The molecule has 0 aliphatic carbocycles. The monoisotopic (exact) mass is 285 g/mol. The highest BCUT2D eigenvalue weighted by atomic mass is 35.5. The van der Waals surface area contributed by atoms with Crippen LogP contribution in [-0.4, -0.2) is 22.9 Å². The van der Waals surface area contributed by atoms with Gasteiger partial charge in [-0.15, -0.1) is 0 Å². The molecule has 1 aromatic rings. The summed E-state index contributed by atoms with van der Waals surface area (Å²) in [4.78, 5) is 22.4. The van der Waals surface area contributed by atoms with Crippen LogP contribution >= 0.6 is 11.6 Å². The van der Waals surface area contributed by atoms with E-state index in [2.05, 4.69) is 0 Å². The Kier molecular flexibility index (Phi) is 3.84. The van der Waals surface area contributed by atoms with Gasteiger partial charge >= 0.3 is 0 Å². The Bertz CT molecular complexity index is 529. The third kappa shape index (κ3) is 2.76. The number of nitrogens with zero attached hydrogens (tertiary/aromatic N) is 3. The van der Waals surface area contributed by atoms with Crippen molar-refractivity contribution in [1.82, 2.24) is 0 Å². The molecule has 0 spiro atoms. The predicted molar refractivity (Wildman–Crippen MR) is 70.8 cm³/mol. The molecule has 0 bridgehead atoms. The summed E-state index contributed by atoms with van der Waals surface area (Å²) in [6, 6.07) is 2.26. The fourth-order valence-corrected chi connectivity index (χ4v) is 2.44. The van der Waals surface area contributed by atoms with Gasteiger partial charge in [0.1, 0.15) is 10.7 Å². The molecule has 1 fully saturated rings. The molecule has 0 atom stereocenters. The van der Waals surface area contributed by atoms with Gasteiger partial charge in [-0.3, -0.25) is 20.2 Å². The van der Waals surface area contributed by atoms with Crippen LogP contribution in [-0.2, 0) is 0 Å². The first-order chi connectivity index (χ1) is 9.00. The van der Waals surface area contributed by atoms with Crippen LogP contribution in [0.5, 0.6) is 0 Å². The van der Waals surface area contributed by atoms with E-state index in [1.807, 2.05) is 4.90 Å². The molecule has 8 heteroatoms. The second-order valence-corrected chi connectivity index (χ2v) is 4.76. The Morgan fingerprint density at radius 2 is 1.58 bits per heavy atom. The molecule has 19 heavy (non-hydrogen) atoms. The normalized spacial score (nSPS) is 15.3. The number of hydrogen-bond donors (Lipinski definition) is 0. The molecule has 2 rings (SSSR count). The van der Waals surface area contributed by atoms with Gasteiger partial charge in [-0.05, 0) is 25.3 Å². The highest BCUT2D eigenvalue weighted by molar-refractivity contribution is 6.33. The maximum absolute atomic E-state index is 11.1. The topological polar surface area (TPSA) is 89.5 Å². The van der Waals surface area contributed by atoms with Crippen LogP contribution in [0.3, 0.4) is 0 Å². The van der Waals surface area contributed by atoms with Gasteiger partial charge in [-0.25, -0.2) is 0 Å². The summed E-state index contributed by atoms with van der Waals surface area (Å²) < 4.78 is 0. The minimum atomic E-state index is -0.713. The first-order valence-electron chi connectivity index (χ1n) is 5.88. The van der Waals surface area contributed by atoms with Crippen LogP contribution in [0.2, 0.25) is 5.02 Å². The van der Waals surface area contributed by atoms with Gasteiger partial charge in [-0.1, -0.05) is 11.6 Å². The Labute approximate surface area is 114 Å². The van der Waals surface area contributed by atoms with Crippen LogP contribution < -0.4 is 4.90 Å². The molecule has 1 saturated heterocycles. The summed E-state index contributed by atoms with van der Waals surface area (Å²) in [6.07, 6.45) is 2.99. The molecule has 0 saturated carbocycles. The lowest BCUT2D eigenvalue weighted by molar-refractivity contribution is -0.393. The first-order valence-corrected chi connectivity index (χ1v) is 6.26. The molecule has 0 N–H and O–H groups in total. The molecule has 0 unspecified atom stereocenters. The molecule has 0 aromatic heterocycles. The van der Waals surface area contributed by atoms with Crippen LogP contribution in [0.25, 0.3) is 0 Å². The number of benzene rings is 1. The molecule has 1 heterocycles. The van der Waals surface area contributed by atoms with E-state index in [1.54, 1.807) is 0 Å². The van der Waals surface area contributed by atoms with Crippen molar-refractivity contribution in [3.8, 4) is 0 Å². The number of anilines is 1. The van der Waals surface area contributed by atoms with Crippen molar-refractivity contribution in [3.63, 3.8) is 0 Å². The fourth-order valence-electron chi connectivity index (χ4n) is 2.21. The van der Waals surface area contributed by atoms with Crippen molar-refractivity contribution in [2.75, 3.05) is 18.0 Å². The van der Waals surface area contributed by atoms with E-state index in [9.17, 15) is 20.2 Å². The minimum Gasteiger partial charge on any atom is -0.366 e. The van der Waals surface area contributed by atoms with Crippen molar-refractivity contribution in [3.05, 3.63) is 37.4 Å². The number of halogens is 1. The van der Waals surface area contributed by atoms with Crippen molar-refractivity contribution in [1.29, 1.82) is 0 Å². The first kappa shape index (κ1) is 13.5. The molecule has 0 radical (unpaired) electrons. The summed E-state index contributed by atoms with van der Waals surface area (Å²) in [5.41, 5.74) is -0.340. The Morgan fingerprint density at radius 3 is 2.11 bits per heavy atom. The lowest BCUT2D eigenvalue weighted by atomic mass is 10.1. The number of hydrogen-bond acceptors (Lipinski definition) is 5.